The smallest absolute Gasteiger partial charge is 0.264 e. The lowest BCUT2D eigenvalue weighted by atomic mass is 10.2. The maximum atomic E-state index is 12.3. The number of hydrogen-bond acceptors (Lipinski definition) is 4. The second kappa shape index (κ2) is 5.71. The minimum absolute atomic E-state index is 0.0391. The van der Waals surface area contributed by atoms with Gasteiger partial charge in [-0.25, -0.2) is 0 Å². The molecule has 1 aromatic carbocycles. The molecule has 2 rings (SSSR count). The third-order valence-electron chi connectivity index (χ3n) is 3.13. The van der Waals surface area contributed by atoms with E-state index in [0.717, 1.165) is 19.1 Å². The summed E-state index contributed by atoms with van der Waals surface area (Å²) >= 11 is 0. The number of rotatable bonds is 4. The molecule has 0 spiro atoms. The van der Waals surface area contributed by atoms with Crippen molar-refractivity contribution in [1.82, 2.24) is 4.90 Å². The second-order valence-electron chi connectivity index (χ2n) is 4.65. The molecule has 1 saturated heterocycles. The van der Waals surface area contributed by atoms with Crippen LogP contribution in [0.15, 0.2) is 30.3 Å². The van der Waals surface area contributed by atoms with E-state index < -0.39 is 10.1 Å². The van der Waals surface area contributed by atoms with Crippen molar-refractivity contribution >= 4 is 16.0 Å². The maximum Gasteiger partial charge on any atom is 0.264 e. The minimum Gasteiger partial charge on any atom is -0.333 e. The first-order valence-electron chi connectivity index (χ1n) is 6.18. The molecule has 0 aromatic heterocycles. The van der Waals surface area contributed by atoms with Gasteiger partial charge in [0.25, 0.3) is 16.0 Å². The Kier molecular flexibility index (Phi) is 4.21. The summed E-state index contributed by atoms with van der Waals surface area (Å²) in [5.41, 5.74) is 0.619. The van der Waals surface area contributed by atoms with Gasteiger partial charge >= 0.3 is 0 Å². The van der Waals surface area contributed by atoms with Crippen LogP contribution in [0.3, 0.4) is 0 Å². The zero-order valence-corrected chi connectivity index (χ0v) is 11.6. The molecule has 5 nitrogen and oxygen atoms in total. The molecule has 6 heteroatoms. The first kappa shape index (κ1) is 14.0. The lowest BCUT2D eigenvalue weighted by Crippen LogP contribution is -2.38. The highest BCUT2D eigenvalue weighted by Crippen LogP contribution is 2.20. The van der Waals surface area contributed by atoms with Gasteiger partial charge in [0, 0.05) is 12.1 Å². The molecule has 0 unspecified atom stereocenters. The fraction of sp³-hybridized carbons (Fsp3) is 0.462. The third-order valence-corrected chi connectivity index (χ3v) is 3.70. The topological polar surface area (TPSA) is 63.7 Å². The van der Waals surface area contributed by atoms with E-state index in [1.165, 1.54) is 0 Å². The normalized spacial score (nSPS) is 19.6. The van der Waals surface area contributed by atoms with Crippen molar-refractivity contribution in [1.29, 1.82) is 0 Å². The van der Waals surface area contributed by atoms with Crippen LogP contribution >= 0.6 is 0 Å². The molecular formula is C13H17NO4S. The monoisotopic (exact) mass is 283 g/mol. The summed E-state index contributed by atoms with van der Waals surface area (Å²) in [6.07, 6.45) is 2.66. The minimum atomic E-state index is -3.46. The van der Waals surface area contributed by atoms with Crippen LogP contribution in [0.2, 0.25) is 0 Å². The third kappa shape index (κ3) is 3.78. The van der Waals surface area contributed by atoms with E-state index in [4.69, 9.17) is 4.18 Å². The van der Waals surface area contributed by atoms with Crippen LogP contribution < -0.4 is 0 Å². The second-order valence-corrected chi connectivity index (χ2v) is 6.29. The lowest BCUT2D eigenvalue weighted by Gasteiger charge is -2.24. The molecule has 0 N–H and O–H groups in total. The molecule has 1 amide bonds. The van der Waals surface area contributed by atoms with Gasteiger partial charge in [-0.15, -0.1) is 0 Å². The van der Waals surface area contributed by atoms with Crippen LogP contribution in [0.1, 0.15) is 23.2 Å². The SMILES string of the molecule is CS(=O)(=O)OC[C@H]1CCCN1C(=O)c1ccccc1. The number of benzene rings is 1. The van der Waals surface area contributed by atoms with Crippen molar-refractivity contribution in [2.75, 3.05) is 19.4 Å². The Labute approximate surface area is 113 Å². The first-order valence-corrected chi connectivity index (χ1v) is 7.99. The van der Waals surface area contributed by atoms with Crippen LogP contribution in [0, 0.1) is 0 Å². The Hall–Kier alpha value is -1.40. The molecule has 1 aliphatic heterocycles. The molecule has 0 saturated carbocycles. The summed E-state index contributed by atoms with van der Waals surface area (Å²) in [7, 11) is -3.46. The molecule has 1 fully saturated rings. The van der Waals surface area contributed by atoms with Crippen molar-refractivity contribution in [3.05, 3.63) is 35.9 Å². The van der Waals surface area contributed by atoms with Gasteiger partial charge in [0.05, 0.1) is 18.9 Å². The van der Waals surface area contributed by atoms with Crippen molar-refractivity contribution < 1.29 is 17.4 Å². The van der Waals surface area contributed by atoms with Crippen molar-refractivity contribution in [2.45, 2.75) is 18.9 Å². The summed E-state index contributed by atoms with van der Waals surface area (Å²) in [6, 6.07) is 8.83. The van der Waals surface area contributed by atoms with Gasteiger partial charge in [-0.3, -0.25) is 8.98 Å². The van der Waals surface area contributed by atoms with Crippen LogP contribution in [0.4, 0.5) is 0 Å². The van der Waals surface area contributed by atoms with Crippen LogP contribution in [-0.2, 0) is 14.3 Å². The van der Waals surface area contributed by atoms with E-state index in [1.807, 2.05) is 18.2 Å². The highest BCUT2D eigenvalue weighted by atomic mass is 32.2. The Bertz CT molecular complexity index is 541. The highest BCUT2D eigenvalue weighted by molar-refractivity contribution is 7.85. The van der Waals surface area contributed by atoms with E-state index in [0.29, 0.717) is 12.1 Å². The average molecular weight is 283 g/mol. The van der Waals surface area contributed by atoms with Crippen LogP contribution in [0.5, 0.6) is 0 Å². The molecule has 1 atom stereocenters. The Morgan fingerprint density at radius 2 is 2.05 bits per heavy atom. The van der Waals surface area contributed by atoms with Crippen LogP contribution in [0.25, 0.3) is 0 Å². The number of hydrogen-bond donors (Lipinski definition) is 0. The van der Waals surface area contributed by atoms with Gasteiger partial charge in [0.2, 0.25) is 0 Å². The van der Waals surface area contributed by atoms with E-state index in [-0.39, 0.29) is 18.6 Å². The zero-order valence-electron chi connectivity index (χ0n) is 10.8. The molecule has 0 aliphatic carbocycles. The predicted octanol–water partition coefficient (Wildman–Crippen LogP) is 1.27. The molecule has 104 valence electrons. The number of likely N-dealkylation sites (tertiary alicyclic amines) is 1. The van der Waals surface area contributed by atoms with E-state index in [2.05, 4.69) is 0 Å². The molecule has 1 aliphatic rings. The lowest BCUT2D eigenvalue weighted by molar-refractivity contribution is 0.0694. The zero-order chi connectivity index (χ0) is 13.9. The Balaban J connectivity index is 2.05. The Morgan fingerprint density at radius 3 is 2.68 bits per heavy atom. The summed E-state index contributed by atoms with van der Waals surface area (Å²) in [4.78, 5) is 14.0. The quantitative estimate of drug-likeness (QED) is 0.781. The Morgan fingerprint density at radius 1 is 1.37 bits per heavy atom. The van der Waals surface area contributed by atoms with Gasteiger partial charge < -0.3 is 4.90 Å². The van der Waals surface area contributed by atoms with E-state index in [1.54, 1.807) is 17.0 Å². The summed E-state index contributed by atoms with van der Waals surface area (Å²) in [5, 5.41) is 0. The van der Waals surface area contributed by atoms with Crippen molar-refractivity contribution in [3.8, 4) is 0 Å². The first-order chi connectivity index (χ1) is 8.97. The summed E-state index contributed by atoms with van der Waals surface area (Å²) in [5.74, 6) is -0.0693. The van der Waals surface area contributed by atoms with Gasteiger partial charge in [-0.1, -0.05) is 18.2 Å². The van der Waals surface area contributed by atoms with Gasteiger partial charge in [0.1, 0.15) is 0 Å². The summed E-state index contributed by atoms with van der Waals surface area (Å²) in [6.45, 7) is 0.683. The number of carbonyl (C=O) groups excluding carboxylic acids is 1. The molecule has 19 heavy (non-hydrogen) atoms. The van der Waals surface area contributed by atoms with Crippen molar-refractivity contribution in [3.63, 3.8) is 0 Å². The maximum absolute atomic E-state index is 12.3. The number of nitrogens with zero attached hydrogens (tertiary/aromatic N) is 1. The average Bonchev–Trinajstić information content (AvgIpc) is 2.84. The fourth-order valence-electron chi connectivity index (χ4n) is 2.23. The van der Waals surface area contributed by atoms with E-state index >= 15 is 0 Å². The molecule has 0 radical (unpaired) electrons. The largest absolute Gasteiger partial charge is 0.333 e. The van der Waals surface area contributed by atoms with Gasteiger partial charge in [-0.05, 0) is 25.0 Å². The molecular weight excluding hydrogens is 266 g/mol. The predicted molar refractivity (Wildman–Crippen MR) is 71.3 cm³/mol. The van der Waals surface area contributed by atoms with E-state index in [9.17, 15) is 13.2 Å². The number of amides is 1. The molecule has 1 heterocycles. The standard InChI is InChI=1S/C13H17NO4S/c1-19(16,17)18-10-12-8-5-9-14(12)13(15)11-6-3-2-4-7-11/h2-4,6-7,12H,5,8-10H2,1H3/t12-/m1/s1. The highest BCUT2D eigenvalue weighted by Gasteiger charge is 2.30. The molecule has 0 bridgehead atoms. The summed E-state index contributed by atoms with van der Waals surface area (Å²) < 4.78 is 26.8. The van der Waals surface area contributed by atoms with Crippen LogP contribution in [-0.4, -0.2) is 44.7 Å². The van der Waals surface area contributed by atoms with Gasteiger partial charge in [-0.2, -0.15) is 8.42 Å². The van der Waals surface area contributed by atoms with Gasteiger partial charge in [0.15, 0.2) is 0 Å². The van der Waals surface area contributed by atoms with Crippen molar-refractivity contribution in [2.24, 2.45) is 0 Å². The fourth-order valence-corrected chi connectivity index (χ4v) is 2.63. The number of carbonyl (C=O) groups is 1. The molecule has 1 aromatic rings.